The maximum absolute atomic E-state index is 4.78. The highest BCUT2D eigenvalue weighted by Gasteiger charge is 2.32. The first-order valence-electron chi connectivity index (χ1n) is 8.19. The summed E-state index contributed by atoms with van der Waals surface area (Å²) in [6.45, 7) is 6.05. The fourth-order valence-corrected chi connectivity index (χ4v) is 3.61. The Morgan fingerprint density at radius 1 is 0.952 bits per heavy atom. The van der Waals surface area contributed by atoms with Crippen molar-refractivity contribution in [3.05, 3.63) is 42.1 Å². The number of nitrogens with zero attached hydrogens (tertiary/aromatic N) is 3. The maximum Gasteiger partial charge on any atom is 0.0705 e. The molecule has 3 heteroatoms. The first-order chi connectivity index (χ1) is 10.4. The third kappa shape index (κ3) is 2.81. The van der Waals surface area contributed by atoms with Crippen LogP contribution < -0.4 is 0 Å². The fourth-order valence-electron chi connectivity index (χ4n) is 3.61. The third-order valence-electron chi connectivity index (χ3n) is 4.89. The molecule has 2 aromatic rings. The Morgan fingerprint density at radius 3 is 2.62 bits per heavy atom. The molecule has 0 atom stereocenters. The van der Waals surface area contributed by atoms with Crippen LogP contribution in [0.2, 0.25) is 0 Å². The third-order valence-corrected chi connectivity index (χ3v) is 4.89. The van der Waals surface area contributed by atoms with E-state index in [-0.39, 0.29) is 0 Å². The minimum absolute atomic E-state index is 0.797. The van der Waals surface area contributed by atoms with Crippen LogP contribution >= 0.6 is 0 Å². The molecule has 0 bridgehead atoms. The maximum atomic E-state index is 4.78. The van der Waals surface area contributed by atoms with Crippen molar-refractivity contribution in [2.75, 3.05) is 26.2 Å². The van der Waals surface area contributed by atoms with Crippen LogP contribution in [0.5, 0.6) is 0 Å². The summed E-state index contributed by atoms with van der Waals surface area (Å²) in [5.41, 5.74) is 2.31. The molecule has 4 rings (SSSR count). The zero-order valence-electron chi connectivity index (χ0n) is 12.5. The number of aromatic nitrogens is 1. The van der Waals surface area contributed by atoms with Crippen molar-refractivity contribution in [1.29, 1.82) is 0 Å². The van der Waals surface area contributed by atoms with Crippen molar-refractivity contribution >= 4 is 10.9 Å². The van der Waals surface area contributed by atoms with E-state index in [1.165, 1.54) is 56.5 Å². The van der Waals surface area contributed by atoms with Crippen molar-refractivity contribution in [3.8, 4) is 0 Å². The Hall–Kier alpha value is -1.45. The van der Waals surface area contributed by atoms with Crippen LogP contribution in [0, 0.1) is 0 Å². The van der Waals surface area contributed by atoms with Gasteiger partial charge in [0.2, 0.25) is 0 Å². The smallest absolute Gasteiger partial charge is 0.0705 e. The summed E-state index contributed by atoms with van der Waals surface area (Å²) in [5, 5.41) is 1.23. The molecule has 0 aliphatic carbocycles. The van der Waals surface area contributed by atoms with E-state index in [4.69, 9.17) is 4.98 Å². The number of piperidine rings is 1. The second-order valence-corrected chi connectivity index (χ2v) is 6.44. The summed E-state index contributed by atoms with van der Waals surface area (Å²) >= 11 is 0. The number of pyridine rings is 1. The molecular formula is C18H23N3. The zero-order chi connectivity index (χ0) is 14.1. The largest absolute Gasteiger partial charge is 0.298 e. The summed E-state index contributed by atoms with van der Waals surface area (Å²) < 4.78 is 0. The predicted octanol–water partition coefficient (Wildman–Crippen LogP) is 2.90. The average Bonchev–Trinajstić information content (AvgIpc) is 2.51. The fraction of sp³-hybridized carbons (Fsp3) is 0.500. The lowest BCUT2D eigenvalue weighted by atomic mass is 10.0. The van der Waals surface area contributed by atoms with Crippen molar-refractivity contribution < 1.29 is 0 Å². The molecule has 1 aromatic carbocycles. The molecule has 0 N–H and O–H groups in total. The van der Waals surface area contributed by atoms with Crippen LogP contribution in [-0.4, -0.2) is 47.0 Å². The van der Waals surface area contributed by atoms with Gasteiger partial charge in [0.05, 0.1) is 11.2 Å². The molecule has 2 saturated heterocycles. The molecule has 2 fully saturated rings. The summed E-state index contributed by atoms with van der Waals surface area (Å²) in [6.07, 6.45) is 4.21. The van der Waals surface area contributed by atoms with E-state index in [0.717, 1.165) is 18.1 Å². The van der Waals surface area contributed by atoms with Crippen molar-refractivity contribution in [2.45, 2.75) is 31.8 Å². The normalized spacial score (nSPS) is 21.5. The van der Waals surface area contributed by atoms with Crippen LogP contribution in [0.15, 0.2) is 36.4 Å². The van der Waals surface area contributed by atoms with Gasteiger partial charge in [-0.25, -0.2) is 0 Å². The minimum Gasteiger partial charge on any atom is -0.298 e. The van der Waals surface area contributed by atoms with E-state index >= 15 is 0 Å². The Labute approximate surface area is 126 Å². The van der Waals surface area contributed by atoms with Crippen LogP contribution in [0.4, 0.5) is 0 Å². The Kier molecular flexibility index (Phi) is 3.62. The molecule has 2 aliphatic rings. The predicted molar refractivity (Wildman–Crippen MR) is 86.2 cm³/mol. The van der Waals surface area contributed by atoms with E-state index in [2.05, 4.69) is 46.2 Å². The zero-order valence-corrected chi connectivity index (χ0v) is 12.5. The standard InChI is InChI=1S/C18H23N3/c1-4-10-21(11-5-1)17-13-20(14-17)12-16-9-8-15-6-2-3-7-18(15)19-16/h2-3,6-9,17H,1,4-5,10-14H2. The van der Waals surface area contributed by atoms with Gasteiger partial charge in [-0.15, -0.1) is 0 Å². The molecule has 0 amide bonds. The van der Waals surface area contributed by atoms with Crippen molar-refractivity contribution in [3.63, 3.8) is 0 Å². The number of hydrogen-bond acceptors (Lipinski definition) is 3. The van der Waals surface area contributed by atoms with Crippen LogP contribution in [0.25, 0.3) is 10.9 Å². The van der Waals surface area contributed by atoms with Gasteiger partial charge in [0, 0.05) is 31.1 Å². The van der Waals surface area contributed by atoms with E-state index < -0.39 is 0 Å². The Morgan fingerprint density at radius 2 is 1.76 bits per heavy atom. The molecule has 3 nitrogen and oxygen atoms in total. The van der Waals surface area contributed by atoms with Gasteiger partial charge in [0.1, 0.15) is 0 Å². The molecule has 21 heavy (non-hydrogen) atoms. The molecular weight excluding hydrogens is 258 g/mol. The van der Waals surface area contributed by atoms with Crippen molar-refractivity contribution in [2.24, 2.45) is 0 Å². The minimum atomic E-state index is 0.797. The Bertz CT molecular complexity index is 613. The SMILES string of the molecule is c1ccc2nc(CN3CC(N4CCCCC4)C3)ccc2c1. The van der Waals surface area contributed by atoms with Crippen LogP contribution in [-0.2, 0) is 6.54 Å². The molecule has 110 valence electrons. The van der Waals surface area contributed by atoms with Gasteiger partial charge in [-0.05, 0) is 38.1 Å². The van der Waals surface area contributed by atoms with Crippen LogP contribution in [0.3, 0.4) is 0 Å². The molecule has 2 aliphatic heterocycles. The van der Waals surface area contributed by atoms with Gasteiger partial charge in [-0.3, -0.25) is 14.8 Å². The van der Waals surface area contributed by atoms with E-state index in [1.807, 2.05) is 0 Å². The molecule has 0 radical (unpaired) electrons. The number of para-hydroxylation sites is 1. The molecule has 0 saturated carbocycles. The van der Waals surface area contributed by atoms with E-state index in [9.17, 15) is 0 Å². The first-order valence-corrected chi connectivity index (χ1v) is 8.19. The second kappa shape index (κ2) is 5.74. The number of likely N-dealkylation sites (tertiary alicyclic amines) is 2. The first kappa shape index (κ1) is 13.2. The van der Waals surface area contributed by atoms with E-state index in [0.29, 0.717) is 0 Å². The van der Waals surface area contributed by atoms with Crippen molar-refractivity contribution in [1.82, 2.24) is 14.8 Å². The number of benzene rings is 1. The van der Waals surface area contributed by atoms with Gasteiger partial charge < -0.3 is 0 Å². The van der Waals surface area contributed by atoms with Gasteiger partial charge in [-0.2, -0.15) is 0 Å². The monoisotopic (exact) mass is 281 g/mol. The molecule has 0 unspecified atom stereocenters. The highest BCUT2D eigenvalue weighted by molar-refractivity contribution is 5.78. The van der Waals surface area contributed by atoms with Gasteiger partial charge in [-0.1, -0.05) is 30.7 Å². The average molecular weight is 281 g/mol. The molecule has 3 heterocycles. The highest BCUT2D eigenvalue weighted by Crippen LogP contribution is 2.21. The quantitative estimate of drug-likeness (QED) is 0.862. The topological polar surface area (TPSA) is 19.4 Å². The van der Waals surface area contributed by atoms with Crippen LogP contribution in [0.1, 0.15) is 25.0 Å². The summed E-state index contributed by atoms with van der Waals surface area (Å²) in [5.74, 6) is 0. The lowest BCUT2D eigenvalue weighted by Gasteiger charge is -2.46. The van der Waals surface area contributed by atoms with E-state index in [1.54, 1.807) is 0 Å². The van der Waals surface area contributed by atoms with Gasteiger partial charge in [0.25, 0.3) is 0 Å². The van der Waals surface area contributed by atoms with Gasteiger partial charge in [0.15, 0.2) is 0 Å². The summed E-state index contributed by atoms with van der Waals surface area (Å²) in [6, 6.07) is 13.5. The van der Waals surface area contributed by atoms with Gasteiger partial charge >= 0.3 is 0 Å². The second-order valence-electron chi connectivity index (χ2n) is 6.44. The molecule has 1 aromatic heterocycles. The summed E-state index contributed by atoms with van der Waals surface area (Å²) in [7, 11) is 0. The lowest BCUT2D eigenvalue weighted by molar-refractivity contribution is 0.0179. The molecule has 0 spiro atoms. The number of hydrogen-bond donors (Lipinski definition) is 0. The number of rotatable bonds is 3. The highest BCUT2D eigenvalue weighted by atomic mass is 15.3. The number of fused-ring (bicyclic) bond motifs is 1. The lowest BCUT2D eigenvalue weighted by Crippen LogP contribution is -2.59. The Balaban J connectivity index is 1.36. The summed E-state index contributed by atoms with van der Waals surface area (Å²) in [4.78, 5) is 9.99.